The molecule has 0 amide bonds. The van der Waals surface area contributed by atoms with Gasteiger partial charge >= 0.3 is 0 Å². The van der Waals surface area contributed by atoms with Crippen LogP contribution < -0.4 is 4.74 Å². The van der Waals surface area contributed by atoms with Gasteiger partial charge in [-0.3, -0.25) is 0 Å². The van der Waals surface area contributed by atoms with Gasteiger partial charge in [0.1, 0.15) is 11.8 Å². The van der Waals surface area contributed by atoms with Crippen molar-refractivity contribution in [3.05, 3.63) is 29.3 Å². The molecular weight excluding hydrogens is 222 g/mol. The van der Waals surface area contributed by atoms with E-state index in [1.807, 2.05) is 12.1 Å². The van der Waals surface area contributed by atoms with Crippen LogP contribution in [0, 0.1) is 17.2 Å². The number of hydrogen-bond donors (Lipinski definition) is 0. The number of nitriles is 1. The Balaban J connectivity index is 2.13. The van der Waals surface area contributed by atoms with Crippen molar-refractivity contribution in [2.45, 2.75) is 44.9 Å². The molecule has 1 fully saturated rings. The van der Waals surface area contributed by atoms with E-state index < -0.39 is 0 Å². The lowest BCUT2D eigenvalue weighted by Gasteiger charge is -2.28. The van der Waals surface area contributed by atoms with E-state index in [1.165, 1.54) is 37.7 Å². The molecule has 18 heavy (non-hydrogen) atoms. The Kier molecular flexibility index (Phi) is 4.25. The van der Waals surface area contributed by atoms with Gasteiger partial charge in [0.2, 0.25) is 0 Å². The maximum atomic E-state index is 9.12. The van der Waals surface area contributed by atoms with Crippen molar-refractivity contribution < 1.29 is 4.74 Å². The standard InChI is InChI=1S/C16H21NO/c1-3-12-4-6-13(7-5-12)14-8-9-16(18-2)15(10-14)11-17/h8-10,12-13H,3-7H2,1-2H3. The molecule has 0 aromatic heterocycles. The molecule has 1 saturated carbocycles. The Labute approximate surface area is 110 Å². The molecule has 0 spiro atoms. The summed E-state index contributed by atoms with van der Waals surface area (Å²) >= 11 is 0. The highest BCUT2D eigenvalue weighted by atomic mass is 16.5. The van der Waals surface area contributed by atoms with E-state index in [2.05, 4.69) is 19.1 Å². The molecular formula is C16H21NO. The largest absolute Gasteiger partial charge is 0.495 e. The second kappa shape index (κ2) is 5.91. The van der Waals surface area contributed by atoms with Gasteiger partial charge in [-0.1, -0.05) is 19.4 Å². The number of benzene rings is 1. The highest BCUT2D eigenvalue weighted by Gasteiger charge is 2.21. The van der Waals surface area contributed by atoms with Crippen molar-refractivity contribution in [3.63, 3.8) is 0 Å². The highest BCUT2D eigenvalue weighted by molar-refractivity contribution is 5.46. The van der Waals surface area contributed by atoms with Crippen LogP contribution in [0.1, 0.15) is 56.1 Å². The molecule has 1 aliphatic rings. The van der Waals surface area contributed by atoms with Crippen molar-refractivity contribution in [3.8, 4) is 11.8 Å². The second-order valence-electron chi connectivity index (χ2n) is 5.20. The van der Waals surface area contributed by atoms with E-state index in [9.17, 15) is 0 Å². The van der Waals surface area contributed by atoms with Gasteiger partial charge in [0.05, 0.1) is 12.7 Å². The number of nitrogens with zero attached hydrogens (tertiary/aromatic N) is 1. The minimum Gasteiger partial charge on any atom is -0.495 e. The zero-order valence-electron chi connectivity index (χ0n) is 11.3. The molecule has 0 heterocycles. The molecule has 1 aromatic carbocycles. The van der Waals surface area contributed by atoms with Crippen molar-refractivity contribution in [1.29, 1.82) is 5.26 Å². The predicted octanol–water partition coefficient (Wildman–Crippen LogP) is 4.25. The van der Waals surface area contributed by atoms with Crippen molar-refractivity contribution in [2.75, 3.05) is 7.11 Å². The van der Waals surface area contributed by atoms with Crippen LogP contribution in [-0.2, 0) is 0 Å². The Morgan fingerprint density at radius 1 is 1.28 bits per heavy atom. The summed E-state index contributed by atoms with van der Waals surface area (Å²) in [5.74, 6) is 2.23. The fraction of sp³-hybridized carbons (Fsp3) is 0.562. The van der Waals surface area contributed by atoms with Crippen LogP contribution in [0.5, 0.6) is 5.75 Å². The average molecular weight is 243 g/mol. The average Bonchev–Trinajstić information content (AvgIpc) is 2.46. The molecule has 2 rings (SSSR count). The van der Waals surface area contributed by atoms with Gasteiger partial charge in [-0.15, -0.1) is 0 Å². The van der Waals surface area contributed by atoms with E-state index >= 15 is 0 Å². The summed E-state index contributed by atoms with van der Waals surface area (Å²) in [6.45, 7) is 2.28. The maximum Gasteiger partial charge on any atom is 0.136 e. The first-order valence-corrected chi connectivity index (χ1v) is 6.86. The molecule has 0 aliphatic heterocycles. The zero-order valence-corrected chi connectivity index (χ0v) is 11.3. The summed E-state index contributed by atoms with van der Waals surface area (Å²) in [4.78, 5) is 0. The maximum absolute atomic E-state index is 9.12. The molecule has 0 N–H and O–H groups in total. The number of ether oxygens (including phenoxy) is 1. The van der Waals surface area contributed by atoms with Crippen LogP contribution in [0.3, 0.4) is 0 Å². The monoisotopic (exact) mass is 243 g/mol. The number of methoxy groups -OCH3 is 1. The zero-order chi connectivity index (χ0) is 13.0. The molecule has 2 heteroatoms. The van der Waals surface area contributed by atoms with Crippen LogP contribution >= 0.6 is 0 Å². The predicted molar refractivity (Wildman–Crippen MR) is 72.7 cm³/mol. The van der Waals surface area contributed by atoms with Gasteiger partial charge in [0.25, 0.3) is 0 Å². The SMILES string of the molecule is CCC1CCC(c2ccc(OC)c(C#N)c2)CC1. The molecule has 1 aromatic rings. The minimum absolute atomic E-state index is 0.630. The van der Waals surface area contributed by atoms with Gasteiger partial charge in [0.15, 0.2) is 0 Å². The van der Waals surface area contributed by atoms with Gasteiger partial charge in [-0.05, 0) is 55.2 Å². The third kappa shape index (κ3) is 2.67. The van der Waals surface area contributed by atoms with Crippen LogP contribution in [0.25, 0.3) is 0 Å². The van der Waals surface area contributed by atoms with Gasteiger partial charge in [-0.25, -0.2) is 0 Å². The highest BCUT2D eigenvalue weighted by Crippen LogP contribution is 2.37. The summed E-state index contributed by atoms with van der Waals surface area (Å²) in [7, 11) is 1.61. The molecule has 0 unspecified atom stereocenters. The van der Waals surface area contributed by atoms with Crippen LogP contribution in [0.4, 0.5) is 0 Å². The first-order valence-electron chi connectivity index (χ1n) is 6.86. The van der Waals surface area contributed by atoms with Gasteiger partial charge in [-0.2, -0.15) is 5.26 Å². The Bertz CT molecular complexity index is 439. The minimum atomic E-state index is 0.630. The van der Waals surface area contributed by atoms with Crippen molar-refractivity contribution in [2.24, 2.45) is 5.92 Å². The molecule has 0 radical (unpaired) electrons. The van der Waals surface area contributed by atoms with Crippen molar-refractivity contribution >= 4 is 0 Å². The molecule has 0 bridgehead atoms. The first-order chi connectivity index (χ1) is 8.78. The van der Waals surface area contributed by atoms with Crippen LogP contribution in [0.15, 0.2) is 18.2 Å². The molecule has 1 aliphatic carbocycles. The van der Waals surface area contributed by atoms with E-state index in [0.29, 0.717) is 17.2 Å². The van der Waals surface area contributed by atoms with E-state index in [0.717, 1.165) is 5.92 Å². The quantitative estimate of drug-likeness (QED) is 0.795. The van der Waals surface area contributed by atoms with Crippen LogP contribution in [0.2, 0.25) is 0 Å². The summed E-state index contributed by atoms with van der Waals surface area (Å²) in [6, 6.07) is 8.28. The van der Waals surface area contributed by atoms with E-state index in [1.54, 1.807) is 7.11 Å². The fourth-order valence-electron chi connectivity index (χ4n) is 2.97. The number of rotatable bonds is 3. The lowest BCUT2D eigenvalue weighted by atomic mass is 9.77. The van der Waals surface area contributed by atoms with Crippen molar-refractivity contribution in [1.82, 2.24) is 0 Å². The Hall–Kier alpha value is -1.49. The summed E-state index contributed by atoms with van der Waals surface area (Å²) < 4.78 is 5.19. The summed E-state index contributed by atoms with van der Waals surface area (Å²) in [6.07, 6.45) is 6.48. The first kappa shape index (κ1) is 13.0. The lowest BCUT2D eigenvalue weighted by Crippen LogP contribution is -2.12. The molecule has 96 valence electrons. The van der Waals surface area contributed by atoms with E-state index in [4.69, 9.17) is 10.00 Å². The van der Waals surface area contributed by atoms with Gasteiger partial charge < -0.3 is 4.74 Å². The Morgan fingerprint density at radius 3 is 2.56 bits per heavy atom. The molecule has 2 nitrogen and oxygen atoms in total. The van der Waals surface area contributed by atoms with Gasteiger partial charge in [0, 0.05) is 0 Å². The molecule has 0 saturated heterocycles. The number of hydrogen-bond acceptors (Lipinski definition) is 2. The summed E-state index contributed by atoms with van der Waals surface area (Å²) in [5.41, 5.74) is 1.97. The lowest BCUT2D eigenvalue weighted by molar-refractivity contribution is 0.318. The Morgan fingerprint density at radius 2 is 2.00 bits per heavy atom. The molecule has 0 atom stereocenters. The third-order valence-electron chi connectivity index (χ3n) is 4.24. The normalized spacial score (nSPS) is 23.4. The summed E-state index contributed by atoms with van der Waals surface area (Å²) in [5, 5.41) is 9.12. The smallest absolute Gasteiger partial charge is 0.136 e. The fourth-order valence-corrected chi connectivity index (χ4v) is 2.97. The van der Waals surface area contributed by atoms with E-state index in [-0.39, 0.29) is 0 Å². The third-order valence-corrected chi connectivity index (χ3v) is 4.24. The topological polar surface area (TPSA) is 33.0 Å². The second-order valence-corrected chi connectivity index (χ2v) is 5.20. The van der Waals surface area contributed by atoms with Crippen LogP contribution in [-0.4, -0.2) is 7.11 Å².